The Morgan fingerprint density at radius 1 is 1.41 bits per heavy atom. The van der Waals surface area contributed by atoms with Crippen molar-refractivity contribution in [1.82, 2.24) is 5.16 Å². The van der Waals surface area contributed by atoms with Crippen molar-refractivity contribution >= 4 is 23.0 Å². The van der Waals surface area contributed by atoms with E-state index in [-0.39, 0.29) is 0 Å². The largest absolute Gasteiger partial charge is 0.397 e. The predicted octanol–water partition coefficient (Wildman–Crippen LogP) is 2.86. The maximum atomic E-state index is 5.95. The Kier molecular flexibility index (Phi) is 3.24. The smallest absolute Gasteiger partial charge is 0.133 e. The van der Waals surface area contributed by atoms with Gasteiger partial charge in [-0.3, -0.25) is 0 Å². The molecular formula is C12H14ClN3O. The first-order valence-electron chi connectivity index (χ1n) is 5.24. The molecule has 1 aromatic heterocycles. The molecule has 0 bridgehead atoms. The number of hydrogen-bond acceptors (Lipinski definition) is 4. The summed E-state index contributed by atoms with van der Waals surface area (Å²) in [6, 6.07) is 7.30. The summed E-state index contributed by atoms with van der Waals surface area (Å²) in [6.07, 6.45) is 0. The van der Waals surface area contributed by atoms with E-state index in [1.54, 1.807) is 12.1 Å². The second kappa shape index (κ2) is 4.67. The third-order valence-corrected chi connectivity index (χ3v) is 2.71. The van der Waals surface area contributed by atoms with Crippen molar-refractivity contribution in [3.05, 3.63) is 40.7 Å². The van der Waals surface area contributed by atoms with Crippen LogP contribution < -0.4 is 10.6 Å². The minimum atomic E-state index is 0.627. The summed E-state index contributed by atoms with van der Waals surface area (Å²) < 4.78 is 5.02. The minimum Gasteiger partial charge on any atom is -0.397 e. The van der Waals surface area contributed by atoms with Gasteiger partial charge in [0.05, 0.1) is 17.9 Å². The molecule has 0 radical (unpaired) electrons. The number of aryl methyl sites for hydroxylation is 1. The van der Waals surface area contributed by atoms with E-state index in [0.717, 1.165) is 17.1 Å². The van der Waals surface area contributed by atoms with E-state index in [1.807, 2.05) is 31.0 Å². The number of aromatic nitrogens is 1. The van der Waals surface area contributed by atoms with E-state index < -0.39 is 0 Å². The number of nitrogens with zero attached hydrogens (tertiary/aromatic N) is 2. The zero-order chi connectivity index (χ0) is 12.4. The molecule has 0 saturated carbocycles. The van der Waals surface area contributed by atoms with Gasteiger partial charge in [-0.15, -0.1) is 0 Å². The average molecular weight is 252 g/mol. The molecule has 0 aliphatic rings. The molecule has 5 heteroatoms. The van der Waals surface area contributed by atoms with Gasteiger partial charge in [-0.25, -0.2) is 0 Å². The lowest BCUT2D eigenvalue weighted by atomic mass is 10.2. The fraction of sp³-hybridized carbons (Fsp3) is 0.250. The Morgan fingerprint density at radius 2 is 2.18 bits per heavy atom. The molecule has 2 rings (SSSR count). The Labute approximate surface area is 105 Å². The van der Waals surface area contributed by atoms with Crippen LogP contribution in [0.25, 0.3) is 0 Å². The highest BCUT2D eigenvalue weighted by molar-refractivity contribution is 6.31. The van der Waals surface area contributed by atoms with Gasteiger partial charge in [0.15, 0.2) is 0 Å². The van der Waals surface area contributed by atoms with Gasteiger partial charge in [0.25, 0.3) is 0 Å². The van der Waals surface area contributed by atoms with Crippen LogP contribution in [-0.2, 0) is 6.54 Å². The first kappa shape index (κ1) is 11.8. The lowest BCUT2D eigenvalue weighted by molar-refractivity contribution is 0.390. The van der Waals surface area contributed by atoms with E-state index in [2.05, 4.69) is 5.16 Å². The highest BCUT2D eigenvalue weighted by Crippen LogP contribution is 2.26. The van der Waals surface area contributed by atoms with Gasteiger partial charge in [-0.05, 0) is 25.1 Å². The first-order valence-corrected chi connectivity index (χ1v) is 5.62. The SMILES string of the molecule is Cc1cc(CN(C)c2cc(Cl)ccc2N)no1. The van der Waals surface area contributed by atoms with Crippen LogP contribution in [0.4, 0.5) is 11.4 Å². The van der Waals surface area contributed by atoms with Gasteiger partial charge in [0.2, 0.25) is 0 Å². The van der Waals surface area contributed by atoms with Crippen molar-refractivity contribution in [2.45, 2.75) is 13.5 Å². The number of rotatable bonds is 3. The summed E-state index contributed by atoms with van der Waals surface area (Å²) >= 11 is 5.95. The number of nitrogens with two attached hydrogens (primary N) is 1. The van der Waals surface area contributed by atoms with Crippen LogP contribution in [0.3, 0.4) is 0 Å². The molecule has 0 fully saturated rings. The molecule has 4 nitrogen and oxygen atoms in total. The van der Waals surface area contributed by atoms with Crippen LogP contribution in [0.5, 0.6) is 0 Å². The standard InChI is InChI=1S/C12H14ClN3O/c1-8-5-10(15-17-8)7-16(2)12-6-9(13)3-4-11(12)14/h3-6H,7,14H2,1-2H3. The summed E-state index contributed by atoms with van der Waals surface area (Å²) in [4.78, 5) is 1.98. The molecular weight excluding hydrogens is 238 g/mol. The predicted molar refractivity (Wildman–Crippen MR) is 69.2 cm³/mol. The third-order valence-electron chi connectivity index (χ3n) is 2.48. The van der Waals surface area contributed by atoms with Crippen molar-refractivity contribution in [1.29, 1.82) is 0 Å². The van der Waals surface area contributed by atoms with Crippen LogP contribution in [0.2, 0.25) is 5.02 Å². The van der Waals surface area contributed by atoms with E-state index in [1.165, 1.54) is 0 Å². The fourth-order valence-corrected chi connectivity index (χ4v) is 1.83. The fourth-order valence-electron chi connectivity index (χ4n) is 1.67. The maximum Gasteiger partial charge on any atom is 0.133 e. The highest BCUT2D eigenvalue weighted by atomic mass is 35.5. The Hall–Kier alpha value is -1.68. The summed E-state index contributed by atoms with van der Waals surface area (Å²) in [5.41, 5.74) is 8.35. The van der Waals surface area contributed by atoms with Gasteiger partial charge < -0.3 is 15.2 Å². The molecule has 0 saturated heterocycles. The van der Waals surface area contributed by atoms with Crippen molar-refractivity contribution in [2.75, 3.05) is 17.7 Å². The molecule has 1 heterocycles. The average Bonchev–Trinajstić information content (AvgIpc) is 2.67. The lowest BCUT2D eigenvalue weighted by Crippen LogP contribution is -2.17. The van der Waals surface area contributed by atoms with Crippen LogP contribution in [0.1, 0.15) is 11.5 Å². The molecule has 0 unspecified atom stereocenters. The molecule has 2 N–H and O–H groups in total. The highest BCUT2D eigenvalue weighted by Gasteiger charge is 2.09. The molecule has 0 aliphatic heterocycles. The first-order chi connectivity index (χ1) is 8.06. The van der Waals surface area contributed by atoms with Gasteiger partial charge in [-0.2, -0.15) is 0 Å². The number of anilines is 2. The minimum absolute atomic E-state index is 0.627. The van der Waals surface area contributed by atoms with Crippen molar-refractivity contribution in [2.24, 2.45) is 0 Å². The van der Waals surface area contributed by atoms with Crippen LogP contribution in [0, 0.1) is 6.92 Å². The third kappa shape index (κ3) is 2.71. The zero-order valence-electron chi connectivity index (χ0n) is 9.77. The molecule has 90 valence electrons. The number of benzene rings is 1. The summed E-state index contributed by atoms with van der Waals surface area (Å²) in [5, 5.41) is 4.61. The lowest BCUT2D eigenvalue weighted by Gasteiger charge is -2.19. The van der Waals surface area contributed by atoms with E-state index >= 15 is 0 Å². The number of halogens is 1. The summed E-state index contributed by atoms with van der Waals surface area (Å²) in [7, 11) is 1.94. The van der Waals surface area contributed by atoms with E-state index in [4.69, 9.17) is 21.9 Å². The summed E-state index contributed by atoms with van der Waals surface area (Å²) in [5.74, 6) is 0.799. The van der Waals surface area contributed by atoms with E-state index in [0.29, 0.717) is 17.3 Å². The van der Waals surface area contributed by atoms with Gasteiger partial charge in [0.1, 0.15) is 11.5 Å². The second-order valence-corrected chi connectivity index (χ2v) is 4.42. The molecule has 0 aliphatic carbocycles. The Balaban J connectivity index is 2.19. The number of hydrogen-bond donors (Lipinski definition) is 1. The zero-order valence-corrected chi connectivity index (χ0v) is 10.5. The van der Waals surface area contributed by atoms with Crippen LogP contribution in [0.15, 0.2) is 28.8 Å². The number of nitrogen functional groups attached to an aromatic ring is 1. The van der Waals surface area contributed by atoms with Gasteiger partial charge in [-0.1, -0.05) is 16.8 Å². The molecule has 0 spiro atoms. The summed E-state index contributed by atoms with van der Waals surface area (Å²) in [6.45, 7) is 2.49. The van der Waals surface area contributed by atoms with Crippen LogP contribution in [-0.4, -0.2) is 12.2 Å². The van der Waals surface area contributed by atoms with Crippen molar-refractivity contribution < 1.29 is 4.52 Å². The van der Waals surface area contributed by atoms with Gasteiger partial charge >= 0.3 is 0 Å². The van der Waals surface area contributed by atoms with Crippen LogP contribution >= 0.6 is 11.6 Å². The molecule has 0 amide bonds. The van der Waals surface area contributed by atoms with Crippen molar-refractivity contribution in [3.63, 3.8) is 0 Å². The maximum absolute atomic E-state index is 5.95. The van der Waals surface area contributed by atoms with E-state index in [9.17, 15) is 0 Å². The Bertz CT molecular complexity index is 524. The normalized spacial score (nSPS) is 10.5. The monoisotopic (exact) mass is 251 g/mol. The van der Waals surface area contributed by atoms with Gasteiger partial charge in [0, 0.05) is 18.1 Å². The molecule has 2 aromatic rings. The molecule has 17 heavy (non-hydrogen) atoms. The quantitative estimate of drug-likeness (QED) is 0.853. The topological polar surface area (TPSA) is 55.3 Å². The molecule has 0 atom stereocenters. The van der Waals surface area contributed by atoms with Crippen molar-refractivity contribution in [3.8, 4) is 0 Å². The second-order valence-electron chi connectivity index (χ2n) is 3.99. The molecule has 1 aromatic carbocycles. The Morgan fingerprint density at radius 3 is 2.82 bits per heavy atom.